The van der Waals surface area contributed by atoms with Gasteiger partial charge in [0.05, 0.1) is 24.2 Å². The largest absolute Gasteiger partial charge is 0.466 e. The number of halogens is 1. The molecular formula is C29H33ClN4O5. The maximum absolute atomic E-state index is 14.1. The third kappa shape index (κ3) is 5.84. The number of allylic oxidation sites excluding steroid dienone is 2. The monoisotopic (exact) mass is 552 g/mol. The highest BCUT2D eigenvalue weighted by Crippen LogP contribution is 2.42. The minimum absolute atomic E-state index is 0. The number of methoxy groups -OCH3 is 1. The van der Waals surface area contributed by atoms with Crippen molar-refractivity contribution in [2.75, 3.05) is 26.7 Å². The topological polar surface area (TPSA) is 107 Å². The van der Waals surface area contributed by atoms with Gasteiger partial charge < -0.3 is 14.8 Å². The van der Waals surface area contributed by atoms with Crippen LogP contribution < -0.4 is 5.32 Å². The maximum Gasteiger partial charge on any atom is 0.337 e. The van der Waals surface area contributed by atoms with Crippen LogP contribution in [-0.4, -0.2) is 53.9 Å². The smallest absolute Gasteiger partial charge is 0.337 e. The Morgan fingerprint density at radius 2 is 1.67 bits per heavy atom. The highest BCUT2D eigenvalue weighted by Gasteiger charge is 2.40. The molecule has 0 amide bonds. The minimum atomic E-state index is -0.779. The molecule has 10 heteroatoms. The number of esters is 2. The quantitative estimate of drug-likeness (QED) is 0.413. The molecular weight excluding hydrogens is 520 g/mol. The molecule has 2 aliphatic rings. The fourth-order valence-corrected chi connectivity index (χ4v) is 5.46. The van der Waals surface area contributed by atoms with Crippen molar-refractivity contribution in [3.63, 3.8) is 0 Å². The number of carbonyl (C=O) groups is 2. The molecule has 2 unspecified atom stereocenters. The lowest BCUT2D eigenvalue weighted by Crippen LogP contribution is -2.36. The Hall–Kier alpha value is -3.69. The van der Waals surface area contributed by atoms with Gasteiger partial charge in [-0.1, -0.05) is 48.9 Å². The first-order valence-electron chi connectivity index (χ1n) is 12.9. The van der Waals surface area contributed by atoms with Crippen molar-refractivity contribution >= 4 is 35.4 Å². The molecule has 0 spiro atoms. The van der Waals surface area contributed by atoms with Crippen molar-refractivity contribution in [1.29, 1.82) is 0 Å². The first-order valence-corrected chi connectivity index (χ1v) is 12.9. The van der Waals surface area contributed by atoms with Crippen molar-refractivity contribution in [3.05, 3.63) is 82.2 Å². The van der Waals surface area contributed by atoms with Gasteiger partial charge in [-0.25, -0.2) is 14.2 Å². The van der Waals surface area contributed by atoms with Crippen LogP contribution in [0.15, 0.2) is 75.7 Å². The molecule has 206 valence electrons. The number of nitrogens with one attached hydrogen (secondary N) is 1. The number of nitrogens with zero attached hydrogens (tertiary/aromatic N) is 3. The second kappa shape index (κ2) is 12.4. The Balaban J connectivity index is 0.00000353. The van der Waals surface area contributed by atoms with E-state index in [1.807, 2.05) is 43.3 Å². The second-order valence-electron chi connectivity index (χ2n) is 9.77. The van der Waals surface area contributed by atoms with Crippen LogP contribution in [0.25, 0.3) is 11.0 Å². The molecule has 9 nitrogen and oxygen atoms in total. The minimum Gasteiger partial charge on any atom is -0.466 e. The van der Waals surface area contributed by atoms with Gasteiger partial charge in [-0.2, -0.15) is 0 Å². The van der Waals surface area contributed by atoms with E-state index in [-0.39, 0.29) is 12.4 Å². The zero-order chi connectivity index (χ0) is 26.6. The molecule has 2 atom stereocenters. The third-order valence-electron chi connectivity index (χ3n) is 7.31. The summed E-state index contributed by atoms with van der Waals surface area (Å²) >= 11 is 0. The molecule has 1 aromatic heterocycles. The fourth-order valence-electron chi connectivity index (χ4n) is 5.46. The lowest BCUT2D eigenvalue weighted by molar-refractivity contribution is -0.146. The Morgan fingerprint density at radius 1 is 0.974 bits per heavy atom. The van der Waals surface area contributed by atoms with E-state index in [2.05, 4.69) is 20.5 Å². The number of piperidine rings is 1. The number of aromatic nitrogens is 2. The average Bonchev–Trinajstić information content (AvgIpc) is 3.42. The molecule has 1 saturated heterocycles. The van der Waals surface area contributed by atoms with Crippen molar-refractivity contribution < 1.29 is 23.7 Å². The third-order valence-corrected chi connectivity index (χ3v) is 7.31. The van der Waals surface area contributed by atoms with Crippen LogP contribution in [0.4, 0.5) is 0 Å². The summed E-state index contributed by atoms with van der Waals surface area (Å²) in [6.07, 6.45) is 3.01. The van der Waals surface area contributed by atoms with Crippen LogP contribution in [0.5, 0.6) is 0 Å². The van der Waals surface area contributed by atoms with Gasteiger partial charge in [0.25, 0.3) is 0 Å². The number of benzene rings is 2. The predicted molar refractivity (Wildman–Crippen MR) is 148 cm³/mol. The van der Waals surface area contributed by atoms with Crippen molar-refractivity contribution in [2.45, 2.75) is 45.1 Å². The van der Waals surface area contributed by atoms with Gasteiger partial charge in [0, 0.05) is 17.9 Å². The lowest BCUT2D eigenvalue weighted by atomic mass is 9.80. The van der Waals surface area contributed by atoms with Crippen LogP contribution >= 0.6 is 12.4 Å². The second-order valence-corrected chi connectivity index (χ2v) is 9.77. The number of hydrogen-bond acceptors (Lipinski definition) is 9. The maximum atomic E-state index is 14.1. The summed E-state index contributed by atoms with van der Waals surface area (Å²) in [5.74, 6) is -1.83. The van der Waals surface area contributed by atoms with E-state index >= 15 is 0 Å². The van der Waals surface area contributed by atoms with Gasteiger partial charge in [-0.3, -0.25) is 4.90 Å². The summed E-state index contributed by atoms with van der Waals surface area (Å²) in [5.41, 5.74) is 4.37. The Kier molecular flexibility index (Phi) is 9.04. The first-order chi connectivity index (χ1) is 18.5. The molecule has 3 aromatic rings. The van der Waals surface area contributed by atoms with Gasteiger partial charge in [-0.15, -0.1) is 12.4 Å². The van der Waals surface area contributed by atoms with Gasteiger partial charge in [0.2, 0.25) is 0 Å². The summed E-state index contributed by atoms with van der Waals surface area (Å²) in [6, 6.07) is 15.2. The average molecular weight is 553 g/mol. The summed E-state index contributed by atoms with van der Waals surface area (Å²) in [4.78, 5) is 29.5. The SMILES string of the molecule is COC(=O)C1=C(C)NC(C)=C(C(=O)OC(CN2CCCCC2)c2ccccc2)C1c1cccc2nonc12.Cl. The molecule has 0 aliphatic carbocycles. The zero-order valence-electron chi connectivity index (χ0n) is 22.3. The van der Waals surface area contributed by atoms with Gasteiger partial charge in [0.1, 0.15) is 17.1 Å². The number of carbonyl (C=O) groups excluding carboxylic acids is 2. The van der Waals surface area contributed by atoms with E-state index in [1.165, 1.54) is 13.5 Å². The molecule has 2 aliphatic heterocycles. The summed E-state index contributed by atoms with van der Waals surface area (Å²) in [6.45, 7) is 6.14. The number of ether oxygens (including phenoxy) is 2. The van der Waals surface area contributed by atoms with E-state index < -0.39 is 24.0 Å². The summed E-state index contributed by atoms with van der Waals surface area (Å²) < 4.78 is 16.4. The van der Waals surface area contributed by atoms with E-state index in [4.69, 9.17) is 14.1 Å². The molecule has 1 fully saturated rings. The first kappa shape index (κ1) is 28.3. The number of likely N-dealkylation sites (tertiary alicyclic amines) is 1. The number of dihydropyridines is 1. The van der Waals surface area contributed by atoms with Gasteiger partial charge in [-0.05, 0) is 67.3 Å². The van der Waals surface area contributed by atoms with E-state index in [9.17, 15) is 9.59 Å². The van der Waals surface area contributed by atoms with Crippen LogP contribution in [0.3, 0.4) is 0 Å². The van der Waals surface area contributed by atoms with Gasteiger partial charge in [0.15, 0.2) is 0 Å². The zero-order valence-corrected chi connectivity index (χ0v) is 23.1. The van der Waals surface area contributed by atoms with E-state index in [0.29, 0.717) is 45.7 Å². The van der Waals surface area contributed by atoms with Crippen molar-refractivity contribution in [3.8, 4) is 0 Å². The van der Waals surface area contributed by atoms with Crippen LogP contribution in [0.1, 0.15) is 56.3 Å². The normalized spacial score (nSPS) is 18.8. The highest BCUT2D eigenvalue weighted by atomic mass is 35.5. The van der Waals surface area contributed by atoms with E-state index in [1.54, 1.807) is 19.1 Å². The fraction of sp³-hybridized carbons (Fsp3) is 0.379. The molecule has 0 saturated carbocycles. The Bertz CT molecular complexity index is 1390. The van der Waals surface area contributed by atoms with Crippen molar-refractivity contribution in [2.24, 2.45) is 0 Å². The lowest BCUT2D eigenvalue weighted by Gasteiger charge is -2.33. The highest BCUT2D eigenvalue weighted by molar-refractivity contribution is 6.01. The molecule has 0 bridgehead atoms. The van der Waals surface area contributed by atoms with Crippen molar-refractivity contribution in [1.82, 2.24) is 20.5 Å². The molecule has 5 rings (SSSR count). The number of hydrogen-bond donors (Lipinski definition) is 1. The Morgan fingerprint density at radius 3 is 2.36 bits per heavy atom. The predicted octanol–water partition coefficient (Wildman–Crippen LogP) is 4.82. The molecule has 2 aromatic carbocycles. The molecule has 39 heavy (non-hydrogen) atoms. The van der Waals surface area contributed by atoms with Crippen LogP contribution in [0.2, 0.25) is 0 Å². The molecule has 3 heterocycles. The summed E-state index contributed by atoms with van der Waals surface area (Å²) in [7, 11) is 1.32. The molecule has 1 N–H and O–H groups in total. The Labute approximate surface area is 233 Å². The standard InChI is InChI=1S/C29H32N4O5.ClH/c1-18-24(28(34)36-3)26(21-13-10-14-22-27(21)32-38-31-22)25(19(2)30-18)29(35)37-23(20-11-6-4-7-12-20)17-33-15-8-5-9-16-33;/h4,6-7,10-14,23,26,30H,5,8-9,15-17H2,1-3H3;1H. The van der Waals surface area contributed by atoms with E-state index in [0.717, 1.165) is 31.5 Å². The number of fused-ring (bicyclic) bond motifs is 1. The summed E-state index contributed by atoms with van der Waals surface area (Å²) in [5, 5.41) is 11.2. The molecule has 0 radical (unpaired) electrons. The van der Waals surface area contributed by atoms with Gasteiger partial charge >= 0.3 is 11.9 Å². The van der Waals surface area contributed by atoms with Crippen LogP contribution in [-0.2, 0) is 19.1 Å². The van der Waals surface area contributed by atoms with Crippen LogP contribution in [0, 0.1) is 0 Å². The number of rotatable bonds is 7.